The van der Waals surface area contributed by atoms with Crippen LogP contribution in [0.15, 0.2) is 0 Å². The molecule has 0 aromatic carbocycles. The van der Waals surface area contributed by atoms with E-state index in [1.54, 1.807) is 7.11 Å². The molecule has 0 radical (unpaired) electrons. The topological polar surface area (TPSA) is 50.4 Å². The van der Waals surface area contributed by atoms with Gasteiger partial charge in [0.25, 0.3) is 0 Å². The Morgan fingerprint density at radius 2 is 2.29 bits per heavy atom. The average Bonchev–Trinajstić information content (AvgIpc) is 2.78. The Morgan fingerprint density at radius 1 is 1.53 bits per heavy atom. The lowest BCUT2D eigenvalue weighted by Gasteiger charge is -2.29. The lowest BCUT2D eigenvalue weighted by molar-refractivity contribution is -0.131. The molecule has 0 aliphatic carbocycles. The van der Waals surface area contributed by atoms with Gasteiger partial charge in [-0.2, -0.15) is 0 Å². The summed E-state index contributed by atoms with van der Waals surface area (Å²) in [5, 5.41) is 6.44. The van der Waals surface area contributed by atoms with Gasteiger partial charge in [-0.25, -0.2) is 0 Å². The van der Waals surface area contributed by atoms with E-state index in [2.05, 4.69) is 24.5 Å². The van der Waals surface area contributed by atoms with Gasteiger partial charge in [-0.3, -0.25) is 4.79 Å². The van der Waals surface area contributed by atoms with Gasteiger partial charge < -0.3 is 15.4 Å². The molecule has 1 rings (SSSR count). The van der Waals surface area contributed by atoms with Crippen LogP contribution in [0.1, 0.15) is 39.5 Å². The summed E-state index contributed by atoms with van der Waals surface area (Å²) in [7, 11) is 1.67. The quantitative estimate of drug-likeness (QED) is 0.707. The van der Waals surface area contributed by atoms with Gasteiger partial charge in [0.1, 0.15) is 0 Å². The average molecular weight is 242 g/mol. The molecular formula is C13H26N2O2. The van der Waals surface area contributed by atoms with Crippen LogP contribution >= 0.6 is 0 Å². The molecule has 1 amide bonds. The van der Waals surface area contributed by atoms with Gasteiger partial charge in [-0.15, -0.1) is 0 Å². The number of carbonyl (C=O) groups excluding carboxylic acids is 1. The molecule has 0 saturated carbocycles. The Morgan fingerprint density at radius 3 is 2.76 bits per heavy atom. The molecule has 1 aliphatic heterocycles. The summed E-state index contributed by atoms with van der Waals surface area (Å²) >= 11 is 0. The number of hydrogen-bond acceptors (Lipinski definition) is 3. The van der Waals surface area contributed by atoms with Crippen molar-refractivity contribution in [1.29, 1.82) is 0 Å². The molecule has 4 heteroatoms. The van der Waals surface area contributed by atoms with Crippen LogP contribution in [0, 0.1) is 5.41 Å². The Bertz CT molecular complexity index is 238. The van der Waals surface area contributed by atoms with E-state index in [1.807, 2.05) is 0 Å². The normalized spacial score (nSPS) is 25.8. The standard InChI is InChI=1S/C13H26N2O2/c1-4-6-13(7-8-14-10-13)12(16)15-11(5-2)9-17-3/h11,14H,4-10H2,1-3H3,(H,15,16). The van der Waals surface area contributed by atoms with Gasteiger partial charge >= 0.3 is 0 Å². The zero-order chi connectivity index (χ0) is 12.7. The molecule has 1 saturated heterocycles. The Labute approximate surface area is 104 Å². The largest absolute Gasteiger partial charge is 0.383 e. The summed E-state index contributed by atoms with van der Waals surface area (Å²) in [4.78, 5) is 12.4. The highest BCUT2D eigenvalue weighted by Gasteiger charge is 2.40. The van der Waals surface area contributed by atoms with Crippen LogP contribution in [-0.4, -0.2) is 38.8 Å². The molecule has 0 bridgehead atoms. The van der Waals surface area contributed by atoms with Crippen molar-refractivity contribution in [3.63, 3.8) is 0 Å². The highest BCUT2D eigenvalue weighted by atomic mass is 16.5. The lowest BCUT2D eigenvalue weighted by atomic mass is 9.81. The third-order valence-electron chi connectivity index (χ3n) is 3.65. The molecule has 0 aromatic heterocycles. The van der Waals surface area contributed by atoms with Crippen LogP contribution in [0.3, 0.4) is 0 Å². The van der Waals surface area contributed by atoms with Gasteiger partial charge in [0, 0.05) is 13.7 Å². The number of carbonyl (C=O) groups is 1. The lowest BCUT2D eigenvalue weighted by Crippen LogP contribution is -2.48. The van der Waals surface area contributed by atoms with Crippen molar-refractivity contribution in [2.75, 3.05) is 26.8 Å². The summed E-state index contributed by atoms with van der Waals surface area (Å²) in [5.74, 6) is 0.202. The number of methoxy groups -OCH3 is 1. The minimum atomic E-state index is -0.185. The van der Waals surface area contributed by atoms with Crippen molar-refractivity contribution < 1.29 is 9.53 Å². The molecule has 2 atom stereocenters. The van der Waals surface area contributed by atoms with Crippen molar-refractivity contribution >= 4 is 5.91 Å². The van der Waals surface area contributed by atoms with E-state index < -0.39 is 0 Å². The fourth-order valence-corrected chi connectivity index (χ4v) is 2.54. The van der Waals surface area contributed by atoms with Gasteiger partial charge in [0.05, 0.1) is 18.1 Å². The predicted molar refractivity (Wildman–Crippen MR) is 68.9 cm³/mol. The molecule has 4 nitrogen and oxygen atoms in total. The predicted octanol–water partition coefficient (Wildman–Crippen LogP) is 1.31. The number of ether oxygens (including phenoxy) is 1. The number of amides is 1. The van der Waals surface area contributed by atoms with Crippen molar-refractivity contribution in [2.24, 2.45) is 5.41 Å². The maximum atomic E-state index is 12.4. The second kappa shape index (κ2) is 6.97. The van der Waals surface area contributed by atoms with Crippen molar-refractivity contribution in [3.8, 4) is 0 Å². The Balaban J connectivity index is 2.58. The van der Waals surface area contributed by atoms with Crippen molar-refractivity contribution in [2.45, 2.75) is 45.6 Å². The summed E-state index contributed by atoms with van der Waals surface area (Å²) in [6.07, 6.45) is 3.89. The maximum absolute atomic E-state index is 12.4. The van der Waals surface area contributed by atoms with E-state index in [0.717, 1.165) is 38.8 Å². The van der Waals surface area contributed by atoms with Crippen LogP contribution in [0.2, 0.25) is 0 Å². The van der Waals surface area contributed by atoms with E-state index in [-0.39, 0.29) is 17.4 Å². The zero-order valence-corrected chi connectivity index (χ0v) is 11.3. The van der Waals surface area contributed by atoms with E-state index >= 15 is 0 Å². The van der Waals surface area contributed by atoms with E-state index in [0.29, 0.717) is 6.61 Å². The fraction of sp³-hybridized carbons (Fsp3) is 0.923. The first-order chi connectivity index (χ1) is 8.18. The molecule has 100 valence electrons. The highest BCUT2D eigenvalue weighted by Crippen LogP contribution is 2.31. The minimum Gasteiger partial charge on any atom is -0.383 e. The fourth-order valence-electron chi connectivity index (χ4n) is 2.54. The molecule has 1 fully saturated rings. The number of rotatable bonds is 7. The highest BCUT2D eigenvalue weighted by molar-refractivity contribution is 5.83. The molecule has 2 unspecified atom stereocenters. The summed E-state index contributed by atoms with van der Waals surface area (Å²) < 4.78 is 5.12. The first-order valence-electron chi connectivity index (χ1n) is 6.69. The van der Waals surface area contributed by atoms with E-state index in [1.165, 1.54) is 0 Å². The number of hydrogen-bond donors (Lipinski definition) is 2. The third kappa shape index (κ3) is 3.68. The van der Waals surface area contributed by atoms with Crippen molar-refractivity contribution in [3.05, 3.63) is 0 Å². The van der Waals surface area contributed by atoms with Crippen LogP contribution < -0.4 is 10.6 Å². The van der Waals surface area contributed by atoms with Gasteiger partial charge in [0.15, 0.2) is 0 Å². The SMILES string of the molecule is CCCC1(C(=O)NC(CC)COC)CCNC1. The van der Waals surface area contributed by atoms with Crippen LogP contribution in [0.5, 0.6) is 0 Å². The van der Waals surface area contributed by atoms with Gasteiger partial charge in [-0.05, 0) is 25.8 Å². The second-order valence-corrected chi connectivity index (χ2v) is 4.99. The molecule has 2 N–H and O–H groups in total. The van der Waals surface area contributed by atoms with E-state index in [9.17, 15) is 4.79 Å². The van der Waals surface area contributed by atoms with Crippen molar-refractivity contribution in [1.82, 2.24) is 10.6 Å². The molecular weight excluding hydrogens is 216 g/mol. The first kappa shape index (κ1) is 14.5. The molecule has 0 aromatic rings. The van der Waals surface area contributed by atoms with Gasteiger partial charge in [-0.1, -0.05) is 20.3 Å². The van der Waals surface area contributed by atoms with Crippen LogP contribution in [0.25, 0.3) is 0 Å². The Hall–Kier alpha value is -0.610. The maximum Gasteiger partial charge on any atom is 0.227 e. The van der Waals surface area contributed by atoms with E-state index in [4.69, 9.17) is 4.74 Å². The van der Waals surface area contributed by atoms with Gasteiger partial charge in [0.2, 0.25) is 5.91 Å². The van der Waals surface area contributed by atoms with Crippen LogP contribution in [0.4, 0.5) is 0 Å². The molecule has 0 spiro atoms. The Kier molecular flexibility index (Phi) is 5.92. The molecule has 17 heavy (non-hydrogen) atoms. The molecule has 1 heterocycles. The third-order valence-corrected chi connectivity index (χ3v) is 3.65. The van der Waals surface area contributed by atoms with Crippen LogP contribution in [-0.2, 0) is 9.53 Å². The number of nitrogens with one attached hydrogen (secondary N) is 2. The minimum absolute atomic E-state index is 0.141. The molecule has 1 aliphatic rings. The summed E-state index contributed by atoms with van der Waals surface area (Å²) in [5.41, 5.74) is -0.185. The first-order valence-corrected chi connectivity index (χ1v) is 6.69. The summed E-state index contributed by atoms with van der Waals surface area (Å²) in [6, 6.07) is 0.141. The summed E-state index contributed by atoms with van der Waals surface area (Å²) in [6.45, 7) is 6.58. The monoisotopic (exact) mass is 242 g/mol. The smallest absolute Gasteiger partial charge is 0.227 e. The zero-order valence-electron chi connectivity index (χ0n) is 11.3. The second-order valence-electron chi connectivity index (χ2n) is 4.99.